The molecule has 3 rings (SSSR count). The van der Waals surface area contributed by atoms with Crippen LogP contribution in [0.3, 0.4) is 0 Å². The summed E-state index contributed by atoms with van der Waals surface area (Å²) in [5, 5.41) is 7.42. The van der Waals surface area contributed by atoms with Crippen LogP contribution in [0, 0.1) is 12.8 Å². The van der Waals surface area contributed by atoms with Crippen molar-refractivity contribution < 1.29 is 9.32 Å². The molecule has 28 heavy (non-hydrogen) atoms. The van der Waals surface area contributed by atoms with Crippen molar-refractivity contribution in [2.45, 2.75) is 44.6 Å². The average Bonchev–Trinajstić information content (AvgIpc) is 3.03. The van der Waals surface area contributed by atoms with Gasteiger partial charge in [-0.2, -0.15) is 0 Å². The van der Waals surface area contributed by atoms with Crippen LogP contribution in [-0.4, -0.2) is 25.9 Å². The highest BCUT2D eigenvalue weighted by atomic mass is 35.5. The molecule has 1 N–H and O–H groups in total. The Kier molecular flexibility index (Phi) is 6.10. The maximum Gasteiger partial charge on any atom is 0.262 e. The van der Waals surface area contributed by atoms with Gasteiger partial charge in [0.25, 0.3) is 5.56 Å². The van der Waals surface area contributed by atoms with Gasteiger partial charge in [-0.05, 0) is 38.0 Å². The molecule has 9 heteroatoms. The zero-order chi connectivity index (χ0) is 20.4. The number of halogens is 1. The molecule has 2 heterocycles. The van der Waals surface area contributed by atoms with Gasteiger partial charge in [0, 0.05) is 17.6 Å². The first-order chi connectivity index (χ1) is 13.2. The third-order valence-corrected chi connectivity index (χ3v) is 5.28. The van der Waals surface area contributed by atoms with Crippen LogP contribution in [0.4, 0.5) is 5.82 Å². The van der Waals surface area contributed by atoms with Gasteiger partial charge < -0.3 is 9.84 Å². The van der Waals surface area contributed by atoms with E-state index in [1.807, 2.05) is 13.8 Å². The number of amides is 1. The van der Waals surface area contributed by atoms with Crippen molar-refractivity contribution >= 4 is 46.0 Å². The smallest absolute Gasteiger partial charge is 0.262 e. The Balaban J connectivity index is 1.93. The Morgan fingerprint density at radius 3 is 2.71 bits per heavy atom. The summed E-state index contributed by atoms with van der Waals surface area (Å²) < 4.78 is 6.57. The number of hydrogen-bond donors (Lipinski definition) is 1. The molecule has 1 aromatic carbocycles. The number of nitrogens with zero attached hydrogens (tertiary/aromatic N) is 3. The SMILES string of the molecule is Cc1cc(NC(=O)C(C)Sc2nc3ccc(Cl)cc3c(=O)n2CC(C)C)no1. The molecule has 0 aliphatic rings. The summed E-state index contributed by atoms with van der Waals surface area (Å²) in [6.45, 7) is 8.03. The minimum atomic E-state index is -0.493. The third kappa shape index (κ3) is 4.56. The van der Waals surface area contributed by atoms with Crippen LogP contribution in [-0.2, 0) is 11.3 Å². The van der Waals surface area contributed by atoms with Gasteiger partial charge in [0.05, 0.1) is 16.2 Å². The van der Waals surface area contributed by atoms with Crippen LogP contribution in [0.15, 0.2) is 38.7 Å². The van der Waals surface area contributed by atoms with Gasteiger partial charge in [0.15, 0.2) is 11.0 Å². The Labute approximate surface area is 171 Å². The number of carbonyl (C=O) groups excluding carboxylic acids is 1. The number of rotatable bonds is 6. The fourth-order valence-corrected chi connectivity index (χ4v) is 3.74. The molecular formula is C19H21ClN4O3S. The molecule has 0 saturated carbocycles. The maximum absolute atomic E-state index is 13.0. The topological polar surface area (TPSA) is 90.0 Å². The predicted molar refractivity (Wildman–Crippen MR) is 111 cm³/mol. The molecular weight excluding hydrogens is 400 g/mol. The van der Waals surface area contributed by atoms with Crippen molar-refractivity contribution in [3.63, 3.8) is 0 Å². The van der Waals surface area contributed by atoms with E-state index in [-0.39, 0.29) is 17.4 Å². The number of aromatic nitrogens is 3. The van der Waals surface area contributed by atoms with E-state index in [0.29, 0.717) is 39.2 Å². The second-order valence-corrected chi connectivity index (χ2v) is 8.68. The zero-order valence-corrected chi connectivity index (χ0v) is 17.6. The molecule has 0 fully saturated rings. The molecule has 1 unspecified atom stereocenters. The van der Waals surface area contributed by atoms with Crippen molar-refractivity contribution in [1.29, 1.82) is 0 Å². The number of hydrogen-bond acceptors (Lipinski definition) is 6. The number of thioether (sulfide) groups is 1. The van der Waals surface area contributed by atoms with Gasteiger partial charge in [-0.1, -0.05) is 42.4 Å². The highest BCUT2D eigenvalue weighted by Crippen LogP contribution is 2.25. The molecule has 0 spiro atoms. The van der Waals surface area contributed by atoms with Gasteiger partial charge in [-0.25, -0.2) is 4.98 Å². The Bertz CT molecular complexity index is 1080. The predicted octanol–water partition coefficient (Wildman–Crippen LogP) is 4.12. The summed E-state index contributed by atoms with van der Waals surface area (Å²) >= 11 is 7.27. The molecule has 1 atom stereocenters. The van der Waals surface area contributed by atoms with Crippen LogP contribution >= 0.6 is 23.4 Å². The number of benzene rings is 1. The van der Waals surface area contributed by atoms with E-state index in [0.717, 1.165) is 0 Å². The zero-order valence-electron chi connectivity index (χ0n) is 16.0. The second-order valence-electron chi connectivity index (χ2n) is 6.94. The first-order valence-electron chi connectivity index (χ1n) is 8.85. The summed E-state index contributed by atoms with van der Waals surface area (Å²) in [7, 11) is 0. The molecule has 3 aromatic rings. The first kappa shape index (κ1) is 20.4. The van der Waals surface area contributed by atoms with Crippen LogP contribution in [0.5, 0.6) is 0 Å². The van der Waals surface area contributed by atoms with Gasteiger partial charge in [0.2, 0.25) is 5.91 Å². The molecule has 0 aliphatic carbocycles. The summed E-state index contributed by atoms with van der Waals surface area (Å²) in [4.78, 5) is 30.1. The largest absolute Gasteiger partial charge is 0.360 e. The number of nitrogens with one attached hydrogen (secondary N) is 1. The fourth-order valence-electron chi connectivity index (χ4n) is 2.65. The number of anilines is 1. The minimum absolute atomic E-state index is 0.163. The van der Waals surface area contributed by atoms with E-state index in [9.17, 15) is 9.59 Å². The van der Waals surface area contributed by atoms with Gasteiger partial charge in [0.1, 0.15) is 5.76 Å². The lowest BCUT2D eigenvalue weighted by Gasteiger charge is -2.17. The van der Waals surface area contributed by atoms with Gasteiger partial charge in [-0.15, -0.1) is 0 Å². The van der Waals surface area contributed by atoms with E-state index in [2.05, 4.69) is 15.5 Å². The molecule has 148 valence electrons. The quantitative estimate of drug-likeness (QED) is 0.476. The molecule has 1 amide bonds. The molecule has 0 aliphatic heterocycles. The molecule has 0 radical (unpaired) electrons. The lowest BCUT2D eigenvalue weighted by Crippen LogP contribution is -2.28. The van der Waals surface area contributed by atoms with Crippen molar-refractivity contribution in [2.24, 2.45) is 5.92 Å². The molecule has 2 aromatic heterocycles. The highest BCUT2D eigenvalue weighted by molar-refractivity contribution is 8.00. The van der Waals surface area contributed by atoms with Crippen LogP contribution < -0.4 is 10.9 Å². The number of fused-ring (bicyclic) bond motifs is 1. The maximum atomic E-state index is 13.0. The van der Waals surface area contributed by atoms with Gasteiger partial charge in [-0.3, -0.25) is 14.2 Å². The van der Waals surface area contributed by atoms with Crippen LogP contribution in [0.2, 0.25) is 5.02 Å². The lowest BCUT2D eigenvalue weighted by atomic mass is 10.2. The standard InChI is InChI=1S/C19H21ClN4O3S/c1-10(2)9-24-18(26)14-8-13(20)5-6-15(14)21-19(24)28-12(4)17(25)22-16-7-11(3)27-23-16/h5-8,10,12H,9H2,1-4H3,(H,22,23,25). The van der Waals surface area contributed by atoms with E-state index >= 15 is 0 Å². The summed E-state index contributed by atoms with van der Waals surface area (Å²) in [6.07, 6.45) is 0. The molecule has 0 bridgehead atoms. The average molecular weight is 421 g/mol. The minimum Gasteiger partial charge on any atom is -0.360 e. The normalized spacial score (nSPS) is 12.5. The first-order valence-corrected chi connectivity index (χ1v) is 10.1. The Hall–Kier alpha value is -2.32. The van der Waals surface area contributed by atoms with Crippen molar-refractivity contribution in [1.82, 2.24) is 14.7 Å². The number of carbonyl (C=O) groups is 1. The molecule has 7 nitrogen and oxygen atoms in total. The van der Waals surface area contributed by atoms with E-state index < -0.39 is 5.25 Å². The van der Waals surface area contributed by atoms with Gasteiger partial charge >= 0.3 is 0 Å². The molecule has 0 saturated heterocycles. The number of aryl methyl sites for hydroxylation is 1. The summed E-state index contributed by atoms with van der Waals surface area (Å²) in [6, 6.07) is 6.68. The summed E-state index contributed by atoms with van der Waals surface area (Å²) in [5.41, 5.74) is 0.389. The van der Waals surface area contributed by atoms with E-state index in [1.165, 1.54) is 11.8 Å². The third-order valence-electron chi connectivity index (χ3n) is 3.96. The van der Waals surface area contributed by atoms with E-state index in [4.69, 9.17) is 16.1 Å². The van der Waals surface area contributed by atoms with Crippen molar-refractivity contribution in [3.05, 3.63) is 45.4 Å². The highest BCUT2D eigenvalue weighted by Gasteiger charge is 2.21. The van der Waals surface area contributed by atoms with E-state index in [1.54, 1.807) is 42.7 Å². The monoisotopic (exact) mass is 420 g/mol. The lowest BCUT2D eigenvalue weighted by molar-refractivity contribution is -0.115. The Morgan fingerprint density at radius 1 is 1.32 bits per heavy atom. The van der Waals surface area contributed by atoms with Crippen LogP contribution in [0.25, 0.3) is 10.9 Å². The van der Waals surface area contributed by atoms with Crippen molar-refractivity contribution in [2.75, 3.05) is 5.32 Å². The summed E-state index contributed by atoms with van der Waals surface area (Å²) in [5.74, 6) is 0.949. The van der Waals surface area contributed by atoms with Crippen molar-refractivity contribution in [3.8, 4) is 0 Å². The fraction of sp³-hybridized carbons (Fsp3) is 0.368. The Morgan fingerprint density at radius 2 is 2.07 bits per heavy atom. The van der Waals surface area contributed by atoms with Crippen LogP contribution in [0.1, 0.15) is 26.5 Å². The second kappa shape index (κ2) is 8.36.